The first-order valence-electron chi connectivity index (χ1n) is 7.18. The van der Waals surface area contributed by atoms with Crippen molar-refractivity contribution >= 4 is 17.8 Å². The Bertz CT molecular complexity index is 788. The van der Waals surface area contributed by atoms with Crippen LogP contribution >= 0.6 is 0 Å². The van der Waals surface area contributed by atoms with Gasteiger partial charge in [0.1, 0.15) is 0 Å². The van der Waals surface area contributed by atoms with Gasteiger partial charge < -0.3 is 20.1 Å². The average Bonchev–Trinajstić information content (AvgIpc) is 3.22. The van der Waals surface area contributed by atoms with E-state index in [0.717, 1.165) is 6.33 Å². The Morgan fingerprint density at radius 3 is 2.58 bits per heavy atom. The number of amides is 1. The van der Waals surface area contributed by atoms with Gasteiger partial charge in [-0.3, -0.25) is 14.6 Å². The van der Waals surface area contributed by atoms with Gasteiger partial charge in [0.05, 0.1) is 12.2 Å². The molecule has 3 rings (SSSR count). The molecule has 3 N–H and O–H groups in total. The van der Waals surface area contributed by atoms with Crippen LogP contribution in [-0.4, -0.2) is 61.0 Å². The molecule has 0 aromatic carbocycles. The maximum absolute atomic E-state index is 12.5. The minimum atomic E-state index is -1.30. The lowest BCUT2D eigenvalue weighted by molar-refractivity contribution is -0.141. The second-order valence-corrected chi connectivity index (χ2v) is 5.45. The van der Waals surface area contributed by atoms with Gasteiger partial charge in [-0.15, -0.1) is 0 Å². The molecule has 0 radical (unpaired) electrons. The van der Waals surface area contributed by atoms with Gasteiger partial charge in [-0.25, -0.2) is 9.78 Å². The van der Waals surface area contributed by atoms with Crippen molar-refractivity contribution in [1.29, 1.82) is 0 Å². The second kappa shape index (κ2) is 6.11. The lowest BCUT2D eigenvalue weighted by atomic mass is 9.93. The van der Waals surface area contributed by atoms with Crippen molar-refractivity contribution in [3.05, 3.63) is 47.8 Å². The third kappa shape index (κ3) is 2.71. The van der Waals surface area contributed by atoms with E-state index in [1.165, 1.54) is 4.90 Å². The highest BCUT2D eigenvalue weighted by molar-refractivity contribution is 6.02. The van der Waals surface area contributed by atoms with Gasteiger partial charge in [0, 0.05) is 30.9 Å². The Kier molecular flexibility index (Phi) is 3.98. The number of hydrogen-bond acceptors (Lipinski definition) is 5. The number of carbonyl (C=O) groups excluding carboxylic acids is 1. The van der Waals surface area contributed by atoms with E-state index in [9.17, 15) is 19.5 Å². The molecular formula is C15H14N4O5. The number of aliphatic carboxylic acids is 1. The number of aromatic nitrogens is 3. The Balaban J connectivity index is 1.88. The van der Waals surface area contributed by atoms with Crippen LogP contribution in [0, 0.1) is 5.92 Å². The van der Waals surface area contributed by atoms with Crippen molar-refractivity contribution in [3.8, 4) is 0 Å². The molecule has 3 heterocycles. The predicted molar refractivity (Wildman–Crippen MR) is 79.6 cm³/mol. The van der Waals surface area contributed by atoms with E-state index in [0.29, 0.717) is 5.69 Å². The molecule has 124 valence electrons. The molecule has 0 spiro atoms. The molecule has 1 aliphatic heterocycles. The van der Waals surface area contributed by atoms with Crippen molar-refractivity contribution in [2.75, 3.05) is 13.1 Å². The lowest BCUT2D eigenvalue weighted by Gasteiger charge is -2.15. The highest BCUT2D eigenvalue weighted by atomic mass is 16.4. The van der Waals surface area contributed by atoms with Gasteiger partial charge >= 0.3 is 11.9 Å². The maximum atomic E-state index is 12.5. The fraction of sp³-hybridized carbons (Fsp3) is 0.267. The van der Waals surface area contributed by atoms with Crippen LogP contribution in [0.3, 0.4) is 0 Å². The van der Waals surface area contributed by atoms with Gasteiger partial charge in [0.15, 0.2) is 11.4 Å². The fourth-order valence-corrected chi connectivity index (χ4v) is 2.88. The molecule has 0 unspecified atom stereocenters. The molecule has 1 saturated heterocycles. The number of carbonyl (C=O) groups is 3. The van der Waals surface area contributed by atoms with Crippen LogP contribution in [0.25, 0.3) is 0 Å². The summed E-state index contributed by atoms with van der Waals surface area (Å²) in [4.78, 5) is 46.8. The van der Waals surface area contributed by atoms with Crippen molar-refractivity contribution in [1.82, 2.24) is 19.9 Å². The van der Waals surface area contributed by atoms with E-state index in [1.54, 1.807) is 24.4 Å². The Hall–Kier alpha value is -3.23. The molecule has 0 bridgehead atoms. The minimum Gasteiger partial charge on any atom is -0.481 e. The molecule has 24 heavy (non-hydrogen) atoms. The predicted octanol–water partition coefficient (Wildman–Crippen LogP) is 0.443. The molecule has 9 nitrogen and oxygen atoms in total. The smallest absolute Gasteiger partial charge is 0.354 e. The molecule has 1 aliphatic rings. The molecule has 2 aromatic rings. The molecule has 9 heteroatoms. The van der Waals surface area contributed by atoms with E-state index in [4.69, 9.17) is 5.11 Å². The number of carboxylic acid groups (broad SMARTS) is 2. The quantitative estimate of drug-likeness (QED) is 0.740. The minimum absolute atomic E-state index is 0.0265. The van der Waals surface area contributed by atoms with Crippen LogP contribution in [0.4, 0.5) is 0 Å². The Morgan fingerprint density at radius 2 is 1.96 bits per heavy atom. The van der Waals surface area contributed by atoms with E-state index >= 15 is 0 Å². The number of carboxylic acids is 2. The highest BCUT2D eigenvalue weighted by Gasteiger charge is 2.42. The zero-order valence-corrected chi connectivity index (χ0v) is 12.4. The van der Waals surface area contributed by atoms with Gasteiger partial charge in [0.25, 0.3) is 5.91 Å². The first-order chi connectivity index (χ1) is 11.5. The van der Waals surface area contributed by atoms with E-state index in [-0.39, 0.29) is 24.5 Å². The van der Waals surface area contributed by atoms with Gasteiger partial charge in [0.2, 0.25) is 0 Å². The number of nitrogens with one attached hydrogen (secondary N) is 1. The number of aromatic amines is 1. The molecule has 1 fully saturated rings. The maximum Gasteiger partial charge on any atom is 0.354 e. The van der Waals surface area contributed by atoms with Crippen molar-refractivity contribution in [2.45, 2.75) is 5.92 Å². The molecule has 2 atom stereocenters. The molecular weight excluding hydrogens is 316 g/mol. The normalized spacial score (nSPS) is 20.1. The second-order valence-electron chi connectivity index (χ2n) is 5.45. The van der Waals surface area contributed by atoms with E-state index in [2.05, 4.69) is 15.0 Å². The zero-order chi connectivity index (χ0) is 17.3. The largest absolute Gasteiger partial charge is 0.481 e. The number of hydrogen-bond donors (Lipinski definition) is 3. The first-order valence-corrected chi connectivity index (χ1v) is 7.18. The van der Waals surface area contributed by atoms with Crippen LogP contribution in [0.1, 0.15) is 32.6 Å². The van der Waals surface area contributed by atoms with Crippen molar-refractivity contribution in [2.24, 2.45) is 5.92 Å². The molecule has 2 aromatic heterocycles. The molecule has 0 saturated carbocycles. The van der Waals surface area contributed by atoms with Gasteiger partial charge in [-0.2, -0.15) is 0 Å². The van der Waals surface area contributed by atoms with Crippen LogP contribution in [0.5, 0.6) is 0 Å². The first kappa shape index (κ1) is 15.7. The van der Waals surface area contributed by atoms with Crippen LogP contribution in [0.2, 0.25) is 0 Å². The summed E-state index contributed by atoms with van der Waals surface area (Å²) in [7, 11) is 0. The van der Waals surface area contributed by atoms with Crippen LogP contribution in [0.15, 0.2) is 30.7 Å². The van der Waals surface area contributed by atoms with Gasteiger partial charge in [-0.05, 0) is 12.1 Å². The van der Waals surface area contributed by atoms with Crippen LogP contribution in [-0.2, 0) is 4.79 Å². The number of rotatable bonds is 4. The molecule has 1 amide bonds. The summed E-state index contributed by atoms with van der Waals surface area (Å²) in [5, 5.41) is 18.5. The van der Waals surface area contributed by atoms with Crippen LogP contribution < -0.4 is 0 Å². The number of H-pyrrole nitrogens is 1. The summed E-state index contributed by atoms with van der Waals surface area (Å²) in [6.45, 7) is 0.111. The number of imidazole rings is 1. The third-order valence-corrected chi connectivity index (χ3v) is 4.05. The summed E-state index contributed by atoms with van der Waals surface area (Å²) in [6.07, 6.45) is 2.69. The summed E-state index contributed by atoms with van der Waals surface area (Å²) < 4.78 is 0. The molecule has 0 aliphatic carbocycles. The topological polar surface area (TPSA) is 136 Å². The summed E-state index contributed by atoms with van der Waals surface area (Å²) in [5.74, 6) is -4.21. The number of pyridine rings is 1. The van der Waals surface area contributed by atoms with Crippen molar-refractivity contribution in [3.63, 3.8) is 0 Å². The summed E-state index contributed by atoms with van der Waals surface area (Å²) in [6, 6.07) is 5.19. The average molecular weight is 330 g/mol. The van der Waals surface area contributed by atoms with Gasteiger partial charge in [-0.1, -0.05) is 6.07 Å². The fourth-order valence-electron chi connectivity index (χ4n) is 2.88. The lowest BCUT2D eigenvalue weighted by Crippen LogP contribution is -2.31. The number of aromatic carboxylic acids is 1. The van der Waals surface area contributed by atoms with Crippen molar-refractivity contribution < 1.29 is 24.6 Å². The summed E-state index contributed by atoms with van der Waals surface area (Å²) >= 11 is 0. The monoisotopic (exact) mass is 330 g/mol. The Morgan fingerprint density at radius 1 is 1.17 bits per heavy atom. The SMILES string of the molecule is O=C(O)c1[nH]cnc1C(=O)N1C[C@H](C(=O)O)[C@@H](c2ccccn2)C1. The van der Waals surface area contributed by atoms with E-state index < -0.39 is 29.7 Å². The summed E-state index contributed by atoms with van der Waals surface area (Å²) in [5.41, 5.74) is 0.0437. The standard InChI is InChI=1S/C15H14N4O5/c20-13(11-12(15(23)24)18-7-17-11)19-5-8(9(6-19)14(21)22)10-3-1-2-4-16-10/h1-4,7-9H,5-6H2,(H,17,18)(H,21,22)(H,23,24)/t8-,9-/m0/s1. The highest BCUT2D eigenvalue weighted by Crippen LogP contribution is 2.32. The number of likely N-dealkylation sites (tertiary alicyclic amines) is 1. The van der Waals surface area contributed by atoms with E-state index in [1.807, 2.05) is 0 Å². The third-order valence-electron chi connectivity index (χ3n) is 4.05. The number of nitrogens with zero attached hydrogens (tertiary/aromatic N) is 3. The Labute approximate surface area is 136 Å². The zero-order valence-electron chi connectivity index (χ0n) is 12.4.